The molecule has 0 spiro atoms. The van der Waals surface area contributed by atoms with Gasteiger partial charge in [-0.2, -0.15) is 0 Å². The topological polar surface area (TPSA) is 72.2 Å². The Kier molecular flexibility index (Phi) is 3.80. The third-order valence-corrected chi connectivity index (χ3v) is 4.11. The van der Waals surface area contributed by atoms with Crippen molar-refractivity contribution in [3.63, 3.8) is 0 Å². The number of fused-ring (bicyclic) bond motifs is 1. The zero-order valence-electron chi connectivity index (χ0n) is 10.5. The normalized spacial score (nSPS) is 10.8. The van der Waals surface area contributed by atoms with E-state index in [0.717, 1.165) is 24.2 Å². The second kappa shape index (κ2) is 5.36. The zero-order chi connectivity index (χ0) is 14.0. The van der Waals surface area contributed by atoms with E-state index in [9.17, 15) is 9.59 Å². The van der Waals surface area contributed by atoms with Gasteiger partial charge in [0.05, 0.1) is 11.7 Å². The first-order chi connectivity index (χ1) is 9.06. The monoisotopic (exact) mass is 278 g/mol. The van der Waals surface area contributed by atoms with Crippen LogP contribution in [0.15, 0.2) is 23.8 Å². The SMILES string of the molecule is C=CCCCn1cnc2sc(C(=O)O)c(C)c2c1=O. The standard InChI is InChI=1S/C13H14N2O3S/c1-3-4-5-6-15-7-14-11-9(12(15)16)8(2)10(19-11)13(17)18/h3,7H,1,4-6H2,2H3,(H,17,18). The van der Waals surface area contributed by atoms with Crippen LogP contribution < -0.4 is 5.56 Å². The van der Waals surface area contributed by atoms with Crippen LogP contribution in [-0.4, -0.2) is 20.6 Å². The molecule has 2 aromatic heterocycles. The van der Waals surface area contributed by atoms with Gasteiger partial charge in [-0.05, 0) is 25.3 Å². The van der Waals surface area contributed by atoms with Crippen LogP contribution in [0.25, 0.3) is 10.2 Å². The lowest BCUT2D eigenvalue weighted by molar-refractivity contribution is 0.0701. The molecular formula is C13H14N2O3S. The van der Waals surface area contributed by atoms with E-state index in [2.05, 4.69) is 11.6 Å². The van der Waals surface area contributed by atoms with Gasteiger partial charge in [-0.3, -0.25) is 9.36 Å². The summed E-state index contributed by atoms with van der Waals surface area (Å²) >= 11 is 1.04. The fraction of sp³-hybridized carbons (Fsp3) is 0.308. The lowest BCUT2D eigenvalue weighted by Gasteiger charge is -2.03. The number of allylic oxidation sites excluding steroid dienone is 1. The van der Waals surface area contributed by atoms with Gasteiger partial charge in [0.1, 0.15) is 9.71 Å². The summed E-state index contributed by atoms with van der Waals surface area (Å²) in [6.07, 6.45) is 4.92. The minimum atomic E-state index is -1.02. The van der Waals surface area contributed by atoms with Crippen molar-refractivity contribution in [3.8, 4) is 0 Å². The number of nitrogens with zero attached hydrogens (tertiary/aromatic N) is 2. The molecule has 5 nitrogen and oxygen atoms in total. The molecule has 0 radical (unpaired) electrons. The summed E-state index contributed by atoms with van der Waals surface area (Å²) in [6, 6.07) is 0. The van der Waals surface area contributed by atoms with E-state index in [4.69, 9.17) is 5.11 Å². The van der Waals surface area contributed by atoms with E-state index in [-0.39, 0.29) is 10.4 Å². The third-order valence-electron chi connectivity index (χ3n) is 2.92. The lowest BCUT2D eigenvalue weighted by atomic mass is 10.2. The van der Waals surface area contributed by atoms with Crippen molar-refractivity contribution in [2.75, 3.05) is 0 Å². The molecule has 0 amide bonds. The molecule has 0 atom stereocenters. The van der Waals surface area contributed by atoms with Crippen LogP contribution in [0.1, 0.15) is 28.1 Å². The van der Waals surface area contributed by atoms with E-state index in [1.807, 2.05) is 0 Å². The smallest absolute Gasteiger partial charge is 0.346 e. The average molecular weight is 278 g/mol. The second-order valence-electron chi connectivity index (χ2n) is 4.22. The fourth-order valence-corrected chi connectivity index (χ4v) is 2.91. The van der Waals surface area contributed by atoms with Gasteiger partial charge in [0, 0.05) is 6.54 Å². The first-order valence-electron chi connectivity index (χ1n) is 5.89. The highest BCUT2D eigenvalue weighted by atomic mass is 32.1. The molecule has 2 aromatic rings. The maximum atomic E-state index is 12.3. The lowest BCUT2D eigenvalue weighted by Crippen LogP contribution is -2.20. The van der Waals surface area contributed by atoms with Crippen molar-refractivity contribution in [3.05, 3.63) is 39.8 Å². The minimum Gasteiger partial charge on any atom is -0.477 e. The number of thiophene rings is 1. The summed E-state index contributed by atoms with van der Waals surface area (Å²) in [5, 5.41) is 9.48. The van der Waals surface area contributed by atoms with E-state index < -0.39 is 5.97 Å². The molecule has 0 aliphatic rings. The van der Waals surface area contributed by atoms with Gasteiger partial charge in [-0.25, -0.2) is 9.78 Å². The predicted molar refractivity (Wildman–Crippen MR) is 75.0 cm³/mol. The number of carbonyl (C=O) groups is 1. The number of hydrogen-bond acceptors (Lipinski definition) is 4. The summed E-state index contributed by atoms with van der Waals surface area (Å²) in [6.45, 7) is 5.85. The molecule has 6 heteroatoms. The molecule has 0 aliphatic carbocycles. The van der Waals surface area contributed by atoms with Crippen LogP contribution in [0.5, 0.6) is 0 Å². The quantitative estimate of drug-likeness (QED) is 0.673. The number of unbranched alkanes of at least 4 members (excludes halogenated alkanes) is 1. The third kappa shape index (κ3) is 2.44. The van der Waals surface area contributed by atoms with E-state index >= 15 is 0 Å². The Morgan fingerprint density at radius 2 is 2.37 bits per heavy atom. The first-order valence-corrected chi connectivity index (χ1v) is 6.70. The Bertz CT molecular complexity index is 700. The van der Waals surface area contributed by atoms with Crippen molar-refractivity contribution in [1.29, 1.82) is 0 Å². The highest BCUT2D eigenvalue weighted by Crippen LogP contribution is 2.26. The Balaban J connectivity index is 2.51. The summed E-state index contributed by atoms with van der Waals surface area (Å²) in [5.41, 5.74) is 0.332. The molecule has 100 valence electrons. The summed E-state index contributed by atoms with van der Waals surface area (Å²) < 4.78 is 1.52. The largest absolute Gasteiger partial charge is 0.477 e. The second-order valence-corrected chi connectivity index (χ2v) is 5.21. The van der Waals surface area contributed by atoms with Gasteiger partial charge in [-0.15, -0.1) is 17.9 Å². The molecule has 0 aromatic carbocycles. The molecule has 1 N–H and O–H groups in total. The van der Waals surface area contributed by atoms with Gasteiger partial charge >= 0.3 is 5.97 Å². The number of aryl methyl sites for hydroxylation is 2. The van der Waals surface area contributed by atoms with Gasteiger partial charge in [-0.1, -0.05) is 6.08 Å². The zero-order valence-corrected chi connectivity index (χ0v) is 11.4. The molecule has 0 saturated carbocycles. The van der Waals surface area contributed by atoms with Crippen LogP contribution in [0.4, 0.5) is 0 Å². The van der Waals surface area contributed by atoms with E-state index in [0.29, 0.717) is 22.3 Å². The number of carboxylic acids is 1. The van der Waals surface area contributed by atoms with E-state index in [1.165, 1.54) is 10.9 Å². The number of aromatic carboxylic acids is 1. The van der Waals surface area contributed by atoms with Gasteiger partial charge in [0.2, 0.25) is 0 Å². The summed E-state index contributed by atoms with van der Waals surface area (Å²) in [4.78, 5) is 28.2. The molecule has 0 saturated heterocycles. The Labute approximate surface area is 113 Å². The van der Waals surface area contributed by atoms with Crippen molar-refractivity contribution in [2.45, 2.75) is 26.3 Å². The highest BCUT2D eigenvalue weighted by Gasteiger charge is 2.18. The number of rotatable bonds is 5. The molecule has 0 fully saturated rings. The average Bonchev–Trinajstić information content (AvgIpc) is 2.71. The molecule has 2 rings (SSSR count). The molecule has 0 aliphatic heterocycles. The van der Waals surface area contributed by atoms with E-state index in [1.54, 1.807) is 13.0 Å². The van der Waals surface area contributed by atoms with Crippen LogP contribution in [0, 0.1) is 6.92 Å². The van der Waals surface area contributed by atoms with Crippen molar-refractivity contribution in [2.24, 2.45) is 0 Å². The van der Waals surface area contributed by atoms with Crippen molar-refractivity contribution in [1.82, 2.24) is 9.55 Å². The maximum absolute atomic E-state index is 12.3. The van der Waals surface area contributed by atoms with Crippen molar-refractivity contribution >= 4 is 27.5 Å². The summed E-state index contributed by atoms with van der Waals surface area (Å²) in [5.74, 6) is -1.02. The van der Waals surface area contributed by atoms with Gasteiger partial charge in [0.25, 0.3) is 5.56 Å². The Hall–Kier alpha value is -1.95. The van der Waals surface area contributed by atoms with Crippen LogP contribution in [-0.2, 0) is 6.54 Å². The number of carboxylic acid groups (broad SMARTS) is 1. The van der Waals surface area contributed by atoms with Crippen LogP contribution in [0.2, 0.25) is 0 Å². The molecule has 0 bridgehead atoms. The Morgan fingerprint density at radius 3 is 3.00 bits per heavy atom. The molecule has 19 heavy (non-hydrogen) atoms. The highest BCUT2D eigenvalue weighted by molar-refractivity contribution is 7.20. The summed E-state index contributed by atoms with van der Waals surface area (Å²) in [7, 11) is 0. The Morgan fingerprint density at radius 1 is 1.63 bits per heavy atom. The predicted octanol–water partition coefficient (Wildman–Crippen LogP) is 2.43. The van der Waals surface area contributed by atoms with Gasteiger partial charge in [0.15, 0.2) is 0 Å². The van der Waals surface area contributed by atoms with Gasteiger partial charge < -0.3 is 5.11 Å². The molecular weight excluding hydrogens is 264 g/mol. The molecule has 2 heterocycles. The molecule has 0 unspecified atom stereocenters. The number of hydrogen-bond donors (Lipinski definition) is 1. The van der Waals surface area contributed by atoms with Crippen LogP contribution in [0.3, 0.4) is 0 Å². The van der Waals surface area contributed by atoms with Crippen LogP contribution >= 0.6 is 11.3 Å². The fourth-order valence-electron chi connectivity index (χ4n) is 1.93. The minimum absolute atomic E-state index is 0.171. The number of aromatic nitrogens is 2. The van der Waals surface area contributed by atoms with Crippen molar-refractivity contribution < 1.29 is 9.90 Å². The first kappa shape index (κ1) is 13.5. The maximum Gasteiger partial charge on any atom is 0.346 e.